The van der Waals surface area contributed by atoms with Gasteiger partial charge in [-0.05, 0) is 31.2 Å². The number of aromatic nitrogens is 2. The van der Waals surface area contributed by atoms with E-state index < -0.39 is 0 Å². The first-order valence-electron chi connectivity index (χ1n) is 7.18. The Hall–Kier alpha value is -0.590. The van der Waals surface area contributed by atoms with Gasteiger partial charge in [0.05, 0.1) is 12.6 Å². The average molecular weight is 281 g/mol. The first-order valence-corrected chi connectivity index (χ1v) is 8.33. The van der Waals surface area contributed by atoms with Crippen LogP contribution in [0.4, 0.5) is 0 Å². The summed E-state index contributed by atoms with van der Waals surface area (Å²) in [5.74, 6) is 4.99. The first-order chi connectivity index (χ1) is 9.42. The quantitative estimate of drug-likeness (QED) is 0.894. The molecule has 0 amide bonds. The molecule has 0 spiro atoms. The Morgan fingerprint density at radius 2 is 2.32 bits per heavy atom. The monoisotopic (exact) mass is 281 g/mol. The summed E-state index contributed by atoms with van der Waals surface area (Å²) in [6, 6.07) is 0.269. The van der Waals surface area contributed by atoms with Gasteiger partial charge in [-0.2, -0.15) is 16.7 Å². The fraction of sp³-hybridized carbons (Fsp3) is 0.846. The van der Waals surface area contributed by atoms with E-state index in [1.54, 1.807) is 0 Å². The number of rotatable bonds is 2. The summed E-state index contributed by atoms with van der Waals surface area (Å²) in [5, 5.41) is 7.68. The van der Waals surface area contributed by atoms with Gasteiger partial charge in [-0.1, -0.05) is 11.6 Å². The molecule has 4 atom stereocenters. The van der Waals surface area contributed by atoms with Crippen LogP contribution < -0.4 is 5.32 Å². The Morgan fingerprint density at radius 3 is 3.21 bits per heavy atom. The smallest absolute Gasteiger partial charge is 0.244 e. The van der Waals surface area contributed by atoms with Gasteiger partial charge in [0.2, 0.25) is 11.7 Å². The van der Waals surface area contributed by atoms with Crippen LogP contribution in [0.25, 0.3) is 0 Å². The van der Waals surface area contributed by atoms with Crippen LogP contribution in [0.5, 0.6) is 0 Å². The third kappa shape index (κ3) is 2.19. The second-order valence-corrected chi connectivity index (χ2v) is 6.82. The number of hydrogen-bond acceptors (Lipinski definition) is 6. The van der Waals surface area contributed by atoms with Crippen LogP contribution in [-0.4, -0.2) is 34.8 Å². The van der Waals surface area contributed by atoms with E-state index in [2.05, 4.69) is 15.5 Å². The van der Waals surface area contributed by atoms with Gasteiger partial charge in [0.1, 0.15) is 6.10 Å². The molecule has 1 N–H and O–H groups in total. The summed E-state index contributed by atoms with van der Waals surface area (Å²) < 4.78 is 11.2. The minimum absolute atomic E-state index is 0.0111. The highest BCUT2D eigenvalue weighted by molar-refractivity contribution is 7.99. The summed E-state index contributed by atoms with van der Waals surface area (Å²) in [6.45, 7) is 1.88. The molecule has 3 fully saturated rings. The molecule has 4 unspecified atom stereocenters. The lowest BCUT2D eigenvalue weighted by Gasteiger charge is -2.18. The van der Waals surface area contributed by atoms with Crippen molar-refractivity contribution >= 4 is 11.8 Å². The Kier molecular flexibility index (Phi) is 3.25. The molecule has 2 saturated heterocycles. The summed E-state index contributed by atoms with van der Waals surface area (Å²) >= 11 is 1.89. The van der Waals surface area contributed by atoms with Crippen molar-refractivity contribution in [1.29, 1.82) is 0 Å². The Morgan fingerprint density at radius 1 is 1.32 bits per heavy atom. The van der Waals surface area contributed by atoms with Gasteiger partial charge in [-0.15, -0.1) is 0 Å². The van der Waals surface area contributed by atoms with Gasteiger partial charge in [-0.3, -0.25) is 0 Å². The third-order valence-corrected chi connectivity index (χ3v) is 5.57. The van der Waals surface area contributed by atoms with E-state index in [1.807, 2.05) is 11.8 Å². The second kappa shape index (κ2) is 5.07. The maximum atomic E-state index is 5.70. The molecule has 3 aliphatic rings. The Labute approximate surface area is 116 Å². The van der Waals surface area contributed by atoms with Crippen molar-refractivity contribution in [3.8, 4) is 0 Å². The first kappa shape index (κ1) is 12.2. The Balaban J connectivity index is 1.51. The topological polar surface area (TPSA) is 60.2 Å². The molecule has 5 nitrogen and oxygen atoms in total. The molecule has 1 aromatic heterocycles. The average Bonchev–Trinajstić information content (AvgIpc) is 3.15. The molecule has 0 aromatic carbocycles. The largest absolute Gasteiger partial charge is 0.368 e. The predicted octanol–water partition coefficient (Wildman–Crippen LogP) is 1.93. The second-order valence-electron chi connectivity index (χ2n) is 5.67. The van der Waals surface area contributed by atoms with Gasteiger partial charge in [0.25, 0.3) is 0 Å². The van der Waals surface area contributed by atoms with Crippen molar-refractivity contribution < 1.29 is 9.26 Å². The lowest BCUT2D eigenvalue weighted by molar-refractivity contribution is 0.0677. The number of thioether (sulfide) groups is 1. The summed E-state index contributed by atoms with van der Waals surface area (Å²) in [5.41, 5.74) is 0. The van der Waals surface area contributed by atoms with Gasteiger partial charge < -0.3 is 14.6 Å². The van der Waals surface area contributed by atoms with Crippen molar-refractivity contribution in [2.75, 3.05) is 24.7 Å². The van der Waals surface area contributed by atoms with Crippen LogP contribution in [0.1, 0.15) is 43.1 Å². The molecular formula is C13H19N3O2S. The zero-order chi connectivity index (χ0) is 12.7. The van der Waals surface area contributed by atoms with E-state index in [0.717, 1.165) is 42.3 Å². The van der Waals surface area contributed by atoms with E-state index in [0.29, 0.717) is 5.92 Å². The van der Waals surface area contributed by atoms with E-state index in [1.165, 1.54) is 19.3 Å². The zero-order valence-electron chi connectivity index (χ0n) is 10.9. The van der Waals surface area contributed by atoms with Crippen molar-refractivity contribution in [2.24, 2.45) is 11.8 Å². The van der Waals surface area contributed by atoms with E-state index >= 15 is 0 Å². The molecule has 0 radical (unpaired) electrons. The lowest BCUT2D eigenvalue weighted by Crippen LogP contribution is -2.19. The SMILES string of the molecule is C1CC2CNC(c3nc(C4CSCCO4)no3)C2C1. The minimum Gasteiger partial charge on any atom is -0.368 e. The van der Waals surface area contributed by atoms with Crippen LogP contribution in [0.3, 0.4) is 0 Å². The standard InChI is InChI=1S/C13H19N3O2S/c1-2-8-6-14-11(9(8)3-1)13-15-12(16-18-13)10-7-19-5-4-17-10/h8-11,14H,1-7H2. The summed E-state index contributed by atoms with van der Waals surface area (Å²) in [6.07, 6.45) is 3.99. The fourth-order valence-corrected chi connectivity index (χ4v) is 4.44. The normalized spacial score (nSPS) is 38.5. The van der Waals surface area contributed by atoms with Crippen LogP contribution in [0, 0.1) is 11.8 Å². The van der Waals surface area contributed by atoms with Crippen LogP contribution >= 0.6 is 11.8 Å². The molecule has 2 aliphatic heterocycles. The summed E-state index contributed by atoms with van der Waals surface area (Å²) in [7, 11) is 0. The maximum absolute atomic E-state index is 5.70. The van der Waals surface area contributed by atoms with Gasteiger partial charge in [0.15, 0.2) is 0 Å². The predicted molar refractivity (Wildman–Crippen MR) is 71.9 cm³/mol. The van der Waals surface area contributed by atoms with Gasteiger partial charge in [-0.25, -0.2) is 0 Å². The van der Waals surface area contributed by atoms with Crippen LogP contribution in [-0.2, 0) is 4.74 Å². The molecule has 6 heteroatoms. The van der Waals surface area contributed by atoms with E-state index in [-0.39, 0.29) is 12.1 Å². The molecule has 19 heavy (non-hydrogen) atoms. The number of fused-ring (bicyclic) bond motifs is 1. The van der Waals surface area contributed by atoms with Crippen LogP contribution in [0.2, 0.25) is 0 Å². The highest BCUT2D eigenvalue weighted by atomic mass is 32.2. The highest BCUT2D eigenvalue weighted by Crippen LogP contribution is 2.44. The zero-order valence-corrected chi connectivity index (χ0v) is 11.7. The molecule has 104 valence electrons. The van der Waals surface area contributed by atoms with Crippen LogP contribution in [0.15, 0.2) is 4.52 Å². The molecule has 1 aromatic rings. The highest BCUT2D eigenvalue weighted by Gasteiger charge is 2.42. The molecule has 4 rings (SSSR count). The fourth-order valence-electron chi connectivity index (χ4n) is 3.60. The van der Waals surface area contributed by atoms with Crippen molar-refractivity contribution in [2.45, 2.75) is 31.4 Å². The molecular weight excluding hydrogens is 262 g/mol. The van der Waals surface area contributed by atoms with Gasteiger partial charge >= 0.3 is 0 Å². The van der Waals surface area contributed by atoms with Gasteiger partial charge in [0, 0.05) is 11.5 Å². The molecule has 0 bridgehead atoms. The number of nitrogens with one attached hydrogen (secondary N) is 1. The van der Waals surface area contributed by atoms with Crippen molar-refractivity contribution in [3.63, 3.8) is 0 Å². The summed E-state index contributed by atoms with van der Waals surface area (Å²) in [4.78, 5) is 4.60. The van der Waals surface area contributed by atoms with E-state index in [9.17, 15) is 0 Å². The van der Waals surface area contributed by atoms with E-state index in [4.69, 9.17) is 9.26 Å². The number of hydrogen-bond donors (Lipinski definition) is 1. The van der Waals surface area contributed by atoms with Crippen molar-refractivity contribution in [1.82, 2.24) is 15.5 Å². The van der Waals surface area contributed by atoms with Crippen molar-refractivity contribution in [3.05, 3.63) is 11.7 Å². The number of nitrogens with zero attached hydrogens (tertiary/aromatic N) is 2. The number of ether oxygens (including phenoxy) is 1. The maximum Gasteiger partial charge on any atom is 0.244 e. The minimum atomic E-state index is 0.0111. The molecule has 1 aliphatic carbocycles. The molecule has 3 heterocycles. The lowest BCUT2D eigenvalue weighted by atomic mass is 9.94. The third-order valence-electron chi connectivity index (χ3n) is 4.57. The molecule has 1 saturated carbocycles. The Bertz CT molecular complexity index is 447.